The standard InChI is InChI=1S/C21H33N3O3S/c1-6-26-16-10-11-18(27-7-2)17(13-16)22-19(25)9-8-12-24-15(3)14-21(4,5)23-20(24)28/h10-11,13,15H,6-9,12,14H2,1-5H3,(H,22,25)(H,23,28)/t15-/m1/s1. The summed E-state index contributed by atoms with van der Waals surface area (Å²) in [7, 11) is 0. The first kappa shape index (κ1) is 22.3. The molecule has 0 aromatic heterocycles. The van der Waals surface area contributed by atoms with E-state index in [-0.39, 0.29) is 11.4 Å². The fourth-order valence-corrected chi connectivity index (χ4v) is 4.10. The third kappa shape index (κ3) is 6.26. The van der Waals surface area contributed by atoms with E-state index >= 15 is 0 Å². The zero-order chi connectivity index (χ0) is 20.7. The maximum atomic E-state index is 12.5. The van der Waals surface area contributed by atoms with Crippen LogP contribution in [0, 0.1) is 0 Å². The summed E-state index contributed by atoms with van der Waals surface area (Å²) in [4.78, 5) is 14.6. The first-order valence-electron chi connectivity index (χ1n) is 10.0. The number of carbonyl (C=O) groups excluding carboxylic acids is 1. The van der Waals surface area contributed by atoms with E-state index < -0.39 is 0 Å². The average molecular weight is 408 g/mol. The smallest absolute Gasteiger partial charge is 0.224 e. The van der Waals surface area contributed by atoms with Crippen molar-refractivity contribution in [1.29, 1.82) is 0 Å². The van der Waals surface area contributed by atoms with Gasteiger partial charge in [0.2, 0.25) is 5.91 Å². The van der Waals surface area contributed by atoms with E-state index in [1.807, 2.05) is 26.0 Å². The van der Waals surface area contributed by atoms with Crippen LogP contribution in [0.25, 0.3) is 0 Å². The summed E-state index contributed by atoms with van der Waals surface area (Å²) >= 11 is 5.51. The molecule has 2 rings (SSSR count). The van der Waals surface area contributed by atoms with Crippen LogP contribution < -0.4 is 20.1 Å². The molecule has 1 aromatic carbocycles. The average Bonchev–Trinajstić information content (AvgIpc) is 2.59. The zero-order valence-corrected chi connectivity index (χ0v) is 18.4. The summed E-state index contributed by atoms with van der Waals surface area (Å²) in [5.74, 6) is 1.32. The van der Waals surface area contributed by atoms with Gasteiger partial charge in [0.1, 0.15) is 11.5 Å². The monoisotopic (exact) mass is 407 g/mol. The fourth-order valence-electron chi connectivity index (χ4n) is 3.55. The molecule has 1 aromatic rings. The molecule has 0 bridgehead atoms. The molecule has 28 heavy (non-hydrogen) atoms. The zero-order valence-electron chi connectivity index (χ0n) is 17.6. The normalized spacial score (nSPS) is 18.4. The molecule has 1 heterocycles. The molecule has 2 N–H and O–H groups in total. The molecule has 7 heteroatoms. The number of rotatable bonds is 9. The number of anilines is 1. The maximum absolute atomic E-state index is 12.5. The minimum Gasteiger partial charge on any atom is -0.494 e. The number of benzene rings is 1. The van der Waals surface area contributed by atoms with Crippen LogP contribution in [0.3, 0.4) is 0 Å². The lowest BCUT2D eigenvalue weighted by atomic mass is 9.93. The van der Waals surface area contributed by atoms with E-state index in [4.69, 9.17) is 21.7 Å². The fraction of sp³-hybridized carbons (Fsp3) is 0.619. The number of ether oxygens (including phenoxy) is 2. The van der Waals surface area contributed by atoms with Crippen molar-refractivity contribution in [2.45, 2.75) is 65.5 Å². The van der Waals surface area contributed by atoms with Crippen molar-refractivity contribution in [3.63, 3.8) is 0 Å². The van der Waals surface area contributed by atoms with Gasteiger partial charge < -0.3 is 25.0 Å². The summed E-state index contributed by atoms with van der Waals surface area (Å²) in [6.45, 7) is 12.2. The molecule has 1 saturated heterocycles. The summed E-state index contributed by atoms with van der Waals surface area (Å²) < 4.78 is 11.1. The molecule has 0 spiro atoms. The molecule has 6 nitrogen and oxygen atoms in total. The Hall–Kier alpha value is -2.02. The van der Waals surface area contributed by atoms with E-state index in [2.05, 4.69) is 36.3 Å². The number of hydrogen-bond acceptors (Lipinski definition) is 4. The lowest BCUT2D eigenvalue weighted by molar-refractivity contribution is -0.116. The van der Waals surface area contributed by atoms with Gasteiger partial charge in [-0.2, -0.15) is 0 Å². The second-order valence-corrected chi connectivity index (χ2v) is 8.12. The summed E-state index contributed by atoms with van der Waals surface area (Å²) in [6, 6.07) is 5.84. The number of hydrogen-bond donors (Lipinski definition) is 2. The van der Waals surface area contributed by atoms with Gasteiger partial charge in [0.15, 0.2) is 5.11 Å². The van der Waals surface area contributed by atoms with Crippen LogP contribution in [0.2, 0.25) is 0 Å². The molecular formula is C21H33N3O3S. The summed E-state index contributed by atoms with van der Waals surface area (Å²) in [5, 5.41) is 7.11. The minimum atomic E-state index is -0.0431. The quantitative estimate of drug-likeness (QED) is 0.605. The molecule has 0 unspecified atom stereocenters. The second-order valence-electron chi connectivity index (χ2n) is 7.74. The second kappa shape index (κ2) is 9.96. The molecule has 0 saturated carbocycles. The molecule has 156 valence electrons. The van der Waals surface area contributed by atoms with Crippen molar-refractivity contribution < 1.29 is 14.3 Å². The van der Waals surface area contributed by atoms with Crippen molar-refractivity contribution in [3.05, 3.63) is 18.2 Å². The predicted molar refractivity (Wildman–Crippen MR) is 117 cm³/mol. The molecule has 0 aliphatic carbocycles. The molecule has 1 aliphatic rings. The number of thiocarbonyl (C=S) groups is 1. The Morgan fingerprint density at radius 2 is 2.04 bits per heavy atom. The molecule has 0 radical (unpaired) electrons. The van der Waals surface area contributed by atoms with Crippen molar-refractivity contribution in [3.8, 4) is 11.5 Å². The lowest BCUT2D eigenvalue weighted by Gasteiger charge is -2.44. The van der Waals surface area contributed by atoms with Crippen LogP contribution in [0.5, 0.6) is 11.5 Å². The van der Waals surface area contributed by atoms with Crippen LogP contribution in [0.15, 0.2) is 18.2 Å². The Bertz CT molecular complexity index is 693. The molecule has 1 atom stereocenters. The van der Waals surface area contributed by atoms with Crippen LogP contribution in [0.4, 0.5) is 5.69 Å². The predicted octanol–water partition coefficient (Wildman–Crippen LogP) is 3.95. The summed E-state index contributed by atoms with van der Waals surface area (Å²) in [6.07, 6.45) is 2.16. The first-order valence-corrected chi connectivity index (χ1v) is 10.4. The van der Waals surface area contributed by atoms with E-state index in [0.717, 1.165) is 24.5 Å². The molecule has 1 aliphatic heterocycles. The van der Waals surface area contributed by atoms with Crippen molar-refractivity contribution >= 4 is 28.9 Å². The highest BCUT2D eigenvalue weighted by molar-refractivity contribution is 7.80. The topological polar surface area (TPSA) is 62.8 Å². The van der Waals surface area contributed by atoms with Gasteiger partial charge in [0.25, 0.3) is 0 Å². The largest absolute Gasteiger partial charge is 0.494 e. The van der Waals surface area contributed by atoms with Gasteiger partial charge in [-0.15, -0.1) is 0 Å². The number of carbonyl (C=O) groups is 1. The van der Waals surface area contributed by atoms with Gasteiger partial charge in [-0.3, -0.25) is 4.79 Å². The Morgan fingerprint density at radius 3 is 2.68 bits per heavy atom. The van der Waals surface area contributed by atoms with E-state index in [0.29, 0.717) is 42.9 Å². The van der Waals surface area contributed by atoms with Crippen LogP contribution in [-0.2, 0) is 4.79 Å². The van der Waals surface area contributed by atoms with Crippen LogP contribution in [0.1, 0.15) is 53.9 Å². The van der Waals surface area contributed by atoms with Gasteiger partial charge in [0, 0.05) is 30.6 Å². The van der Waals surface area contributed by atoms with E-state index in [1.54, 1.807) is 6.07 Å². The minimum absolute atomic E-state index is 0.0195. The third-order valence-electron chi connectivity index (χ3n) is 4.68. The number of amides is 1. The molecule has 1 amide bonds. The van der Waals surface area contributed by atoms with Crippen molar-refractivity contribution in [2.75, 3.05) is 25.1 Å². The highest BCUT2D eigenvalue weighted by atomic mass is 32.1. The van der Waals surface area contributed by atoms with Gasteiger partial charge in [-0.1, -0.05) is 0 Å². The summed E-state index contributed by atoms with van der Waals surface area (Å²) in [5.41, 5.74) is 0.661. The highest BCUT2D eigenvalue weighted by Crippen LogP contribution is 2.30. The van der Waals surface area contributed by atoms with E-state index in [1.165, 1.54) is 0 Å². The Labute approximate surface area is 174 Å². The number of nitrogens with one attached hydrogen (secondary N) is 2. The Balaban J connectivity index is 1.90. The van der Waals surface area contributed by atoms with Crippen molar-refractivity contribution in [2.24, 2.45) is 0 Å². The van der Waals surface area contributed by atoms with E-state index in [9.17, 15) is 4.79 Å². The Kier molecular flexibility index (Phi) is 7.92. The molecular weight excluding hydrogens is 374 g/mol. The van der Waals surface area contributed by atoms with Gasteiger partial charge >= 0.3 is 0 Å². The molecule has 1 fully saturated rings. The first-order chi connectivity index (χ1) is 13.3. The maximum Gasteiger partial charge on any atom is 0.224 e. The van der Waals surface area contributed by atoms with Crippen LogP contribution >= 0.6 is 12.2 Å². The lowest BCUT2D eigenvalue weighted by Crippen LogP contribution is -2.60. The SMILES string of the molecule is CCOc1ccc(OCC)c(NC(=O)CCCN2C(=S)NC(C)(C)C[C@H]2C)c1. The number of nitrogens with zero attached hydrogens (tertiary/aromatic N) is 1. The van der Waals surface area contributed by atoms with Crippen molar-refractivity contribution in [1.82, 2.24) is 10.2 Å². The van der Waals surface area contributed by atoms with Crippen LogP contribution in [-0.4, -0.2) is 47.3 Å². The highest BCUT2D eigenvalue weighted by Gasteiger charge is 2.32. The third-order valence-corrected chi connectivity index (χ3v) is 5.02. The Morgan fingerprint density at radius 1 is 1.32 bits per heavy atom. The van der Waals surface area contributed by atoms with Gasteiger partial charge in [-0.25, -0.2) is 0 Å². The van der Waals surface area contributed by atoms with Gasteiger partial charge in [-0.05, 0) is 71.8 Å². The van der Waals surface area contributed by atoms with Gasteiger partial charge in [0.05, 0.1) is 18.9 Å².